The molecule has 0 saturated carbocycles. The Labute approximate surface area is 140 Å². The number of carbonyl (C=O) groups is 1. The normalized spacial score (nSPS) is 12.3. The van der Waals surface area contributed by atoms with Gasteiger partial charge in [-0.1, -0.05) is 26.8 Å². The molecule has 0 fully saturated rings. The molecule has 5 heteroatoms. The minimum Gasteiger partial charge on any atom is -0.462 e. The van der Waals surface area contributed by atoms with Crippen LogP contribution in [0.25, 0.3) is 0 Å². The standard InChI is InChI=1S/C18H30O4Si/c1-7-21-17(20)15-8-9-16(14(12-15)10-11-19)13-22-23(5,6)18(2,3)4/h8-9,12,19H,7,10-11,13H2,1-6H3. The molecule has 23 heavy (non-hydrogen) atoms. The van der Waals surface area contributed by atoms with E-state index in [9.17, 15) is 9.90 Å². The number of aliphatic hydroxyl groups excluding tert-OH is 1. The lowest BCUT2D eigenvalue weighted by Gasteiger charge is -2.36. The lowest BCUT2D eigenvalue weighted by atomic mass is 10.0. The average molecular weight is 339 g/mol. The Bertz CT molecular complexity index is 532. The van der Waals surface area contributed by atoms with Crippen LogP contribution in [0.2, 0.25) is 18.1 Å². The topological polar surface area (TPSA) is 55.8 Å². The Morgan fingerprint density at radius 1 is 1.22 bits per heavy atom. The molecule has 0 atom stereocenters. The number of rotatable bonds is 7. The summed E-state index contributed by atoms with van der Waals surface area (Å²) in [7, 11) is -1.84. The van der Waals surface area contributed by atoms with Crippen molar-refractivity contribution in [2.75, 3.05) is 13.2 Å². The van der Waals surface area contributed by atoms with Crippen LogP contribution in [-0.2, 0) is 22.2 Å². The van der Waals surface area contributed by atoms with Crippen LogP contribution in [0.1, 0.15) is 49.2 Å². The van der Waals surface area contributed by atoms with Gasteiger partial charge in [-0.3, -0.25) is 0 Å². The molecule has 0 radical (unpaired) electrons. The molecule has 0 amide bonds. The van der Waals surface area contributed by atoms with E-state index in [2.05, 4.69) is 33.9 Å². The summed E-state index contributed by atoms with van der Waals surface area (Å²) >= 11 is 0. The molecule has 4 nitrogen and oxygen atoms in total. The second kappa shape index (κ2) is 8.08. The van der Waals surface area contributed by atoms with E-state index in [1.165, 1.54) is 0 Å². The van der Waals surface area contributed by atoms with Crippen LogP contribution < -0.4 is 0 Å². The highest BCUT2D eigenvalue weighted by Gasteiger charge is 2.37. The van der Waals surface area contributed by atoms with Gasteiger partial charge in [-0.05, 0) is 54.7 Å². The second-order valence-electron chi connectivity index (χ2n) is 7.23. The molecular weight excluding hydrogens is 308 g/mol. The van der Waals surface area contributed by atoms with Gasteiger partial charge in [0.25, 0.3) is 0 Å². The molecule has 1 aromatic carbocycles. The Hall–Kier alpha value is -1.17. The zero-order valence-electron chi connectivity index (χ0n) is 15.2. The number of hydrogen-bond acceptors (Lipinski definition) is 4. The van der Waals surface area contributed by atoms with Gasteiger partial charge in [0, 0.05) is 6.61 Å². The van der Waals surface area contributed by atoms with E-state index in [1.54, 1.807) is 19.1 Å². The number of benzene rings is 1. The van der Waals surface area contributed by atoms with E-state index in [-0.39, 0.29) is 17.6 Å². The Balaban J connectivity index is 2.96. The largest absolute Gasteiger partial charge is 0.462 e. The summed E-state index contributed by atoms with van der Waals surface area (Å²) in [5.74, 6) is -0.330. The monoisotopic (exact) mass is 338 g/mol. The van der Waals surface area contributed by atoms with Crippen molar-refractivity contribution in [1.29, 1.82) is 0 Å². The first-order chi connectivity index (χ1) is 10.6. The number of carbonyl (C=O) groups excluding carboxylic acids is 1. The third-order valence-electron chi connectivity index (χ3n) is 4.49. The maximum Gasteiger partial charge on any atom is 0.338 e. The van der Waals surface area contributed by atoms with Crippen molar-refractivity contribution in [3.05, 3.63) is 34.9 Å². The average Bonchev–Trinajstić information content (AvgIpc) is 2.45. The zero-order chi connectivity index (χ0) is 17.7. The number of aliphatic hydroxyl groups is 1. The molecule has 0 aliphatic heterocycles. The molecule has 0 aromatic heterocycles. The van der Waals surface area contributed by atoms with Gasteiger partial charge in [0.2, 0.25) is 0 Å². The summed E-state index contributed by atoms with van der Waals surface area (Å²) in [6, 6.07) is 5.48. The first-order valence-corrected chi connectivity index (χ1v) is 11.1. The van der Waals surface area contributed by atoms with E-state index >= 15 is 0 Å². The van der Waals surface area contributed by atoms with Crippen molar-refractivity contribution in [2.45, 2.75) is 58.9 Å². The van der Waals surface area contributed by atoms with Crippen LogP contribution in [-0.4, -0.2) is 32.6 Å². The van der Waals surface area contributed by atoms with Gasteiger partial charge in [0.1, 0.15) is 0 Å². The van der Waals surface area contributed by atoms with E-state index in [1.807, 2.05) is 6.07 Å². The minimum absolute atomic E-state index is 0.0410. The molecular formula is C18H30O4Si. The molecule has 0 aliphatic rings. The predicted octanol–water partition coefficient (Wildman–Crippen LogP) is 3.92. The number of esters is 1. The van der Waals surface area contributed by atoms with E-state index in [0.717, 1.165) is 11.1 Å². The van der Waals surface area contributed by atoms with Gasteiger partial charge >= 0.3 is 5.97 Å². The van der Waals surface area contributed by atoms with Gasteiger partial charge in [-0.15, -0.1) is 0 Å². The molecule has 130 valence electrons. The highest BCUT2D eigenvalue weighted by atomic mass is 28.4. The van der Waals surface area contributed by atoms with Crippen molar-refractivity contribution in [2.24, 2.45) is 0 Å². The predicted molar refractivity (Wildman–Crippen MR) is 95.2 cm³/mol. The first-order valence-electron chi connectivity index (χ1n) is 8.16. The number of ether oxygens (including phenoxy) is 1. The molecule has 0 bridgehead atoms. The fourth-order valence-corrected chi connectivity index (χ4v) is 2.89. The highest BCUT2D eigenvalue weighted by molar-refractivity contribution is 6.74. The fraction of sp³-hybridized carbons (Fsp3) is 0.611. The Morgan fingerprint density at radius 2 is 1.87 bits per heavy atom. The summed E-state index contributed by atoms with van der Waals surface area (Å²) in [5, 5.41) is 9.43. The Kier molecular flexibility index (Phi) is 6.98. The SMILES string of the molecule is CCOC(=O)c1ccc(CO[Si](C)(C)C(C)(C)C)c(CCO)c1. The van der Waals surface area contributed by atoms with Gasteiger partial charge in [0.05, 0.1) is 18.8 Å². The molecule has 1 rings (SSSR count). The smallest absolute Gasteiger partial charge is 0.338 e. The maximum absolute atomic E-state index is 11.9. The highest BCUT2D eigenvalue weighted by Crippen LogP contribution is 2.37. The van der Waals surface area contributed by atoms with Crippen LogP contribution in [0.4, 0.5) is 0 Å². The molecule has 0 aliphatic carbocycles. The molecule has 0 spiro atoms. The van der Waals surface area contributed by atoms with Crippen molar-refractivity contribution >= 4 is 14.3 Å². The van der Waals surface area contributed by atoms with Gasteiger partial charge in [-0.2, -0.15) is 0 Å². The third kappa shape index (κ3) is 5.44. The summed E-state index contributed by atoms with van der Waals surface area (Å²) in [6.07, 6.45) is 0.503. The van der Waals surface area contributed by atoms with Crippen molar-refractivity contribution < 1.29 is 19.1 Å². The number of hydrogen-bond donors (Lipinski definition) is 1. The fourth-order valence-electron chi connectivity index (χ4n) is 1.94. The van der Waals surface area contributed by atoms with Crippen LogP contribution in [0.5, 0.6) is 0 Å². The lowest BCUT2D eigenvalue weighted by molar-refractivity contribution is 0.0526. The third-order valence-corrected chi connectivity index (χ3v) is 8.97. The van der Waals surface area contributed by atoms with Crippen LogP contribution >= 0.6 is 0 Å². The quantitative estimate of drug-likeness (QED) is 0.605. The summed E-state index contributed by atoms with van der Waals surface area (Å²) < 4.78 is 11.3. The second-order valence-corrected chi connectivity index (χ2v) is 12.0. The van der Waals surface area contributed by atoms with Crippen molar-refractivity contribution in [3.63, 3.8) is 0 Å². The van der Waals surface area contributed by atoms with E-state index in [4.69, 9.17) is 9.16 Å². The molecule has 0 heterocycles. The molecule has 1 N–H and O–H groups in total. The molecule has 0 saturated heterocycles. The van der Waals surface area contributed by atoms with Gasteiger partial charge in [0.15, 0.2) is 8.32 Å². The van der Waals surface area contributed by atoms with Crippen molar-refractivity contribution in [3.8, 4) is 0 Å². The van der Waals surface area contributed by atoms with Crippen molar-refractivity contribution in [1.82, 2.24) is 0 Å². The van der Waals surface area contributed by atoms with Gasteiger partial charge in [-0.25, -0.2) is 4.79 Å². The molecule has 0 unspecified atom stereocenters. The lowest BCUT2D eigenvalue weighted by Crippen LogP contribution is -2.40. The van der Waals surface area contributed by atoms with Crippen LogP contribution in [0, 0.1) is 0 Å². The molecule has 1 aromatic rings. The maximum atomic E-state index is 11.9. The summed E-state index contributed by atoms with van der Waals surface area (Å²) in [6.45, 7) is 13.7. The summed E-state index contributed by atoms with van der Waals surface area (Å²) in [4.78, 5) is 11.9. The van der Waals surface area contributed by atoms with E-state index < -0.39 is 8.32 Å². The van der Waals surface area contributed by atoms with Crippen LogP contribution in [0.15, 0.2) is 18.2 Å². The first kappa shape index (κ1) is 19.9. The minimum atomic E-state index is -1.84. The summed E-state index contributed by atoms with van der Waals surface area (Å²) in [5.41, 5.74) is 2.49. The van der Waals surface area contributed by atoms with Gasteiger partial charge < -0.3 is 14.3 Å². The Morgan fingerprint density at radius 3 is 2.39 bits per heavy atom. The van der Waals surface area contributed by atoms with E-state index in [0.29, 0.717) is 25.2 Å². The van der Waals surface area contributed by atoms with Crippen LogP contribution in [0.3, 0.4) is 0 Å². The zero-order valence-corrected chi connectivity index (χ0v) is 16.2.